The number of benzene rings is 1. The van der Waals surface area contributed by atoms with Gasteiger partial charge in [0.15, 0.2) is 11.5 Å². The van der Waals surface area contributed by atoms with Gasteiger partial charge in [-0.2, -0.15) is 0 Å². The molecule has 0 fully saturated rings. The summed E-state index contributed by atoms with van der Waals surface area (Å²) >= 11 is 5.83. The maximum Gasteiger partial charge on any atom is 0.251 e. The molecule has 0 bridgehead atoms. The van der Waals surface area contributed by atoms with Crippen LogP contribution < -0.4 is 10.6 Å². The van der Waals surface area contributed by atoms with E-state index in [9.17, 15) is 9.59 Å². The van der Waals surface area contributed by atoms with Crippen molar-refractivity contribution in [1.29, 1.82) is 0 Å². The first kappa shape index (κ1) is 15.9. The Kier molecular flexibility index (Phi) is 4.72. The van der Waals surface area contributed by atoms with Gasteiger partial charge in [-0.15, -0.1) is 10.2 Å². The normalized spacial score (nSPS) is 10.5. The van der Waals surface area contributed by atoms with Crippen molar-refractivity contribution in [3.63, 3.8) is 0 Å². The number of halogens is 1. The Hall–Kier alpha value is -2.93. The number of fused-ring (bicyclic) bond motifs is 1. The van der Waals surface area contributed by atoms with Gasteiger partial charge in [-0.3, -0.25) is 14.0 Å². The maximum absolute atomic E-state index is 11.9. The van der Waals surface area contributed by atoms with E-state index < -0.39 is 0 Å². The Morgan fingerprint density at radius 3 is 2.79 bits per heavy atom. The Morgan fingerprint density at radius 2 is 1.96 bits per heavy atom. The second-order valence-corrected chi connectivity index (χ2v) is 5.45. The monoisotopic (exact) mass is 343 g/mol. The van der Waals surface area contributed by atoms with E-state index in [0.717, 1.165) is 0 Å². The lowest BCUT2D eigenvalue weighted by atomic mass is 10.2. The number of hydrogen-bond donors (Lipinski definition) is 2. The third-order valence-corrected chi connectivity index (χ3v) is 3.56. The number of nitrogens with zero attached hydrogens (tertiary/aromatic N) is 3. The number of nitrogens with one attached hydrogen (secondary N) is 2. The molecule has 8 heteroatoms. The molecule has 0 atom stereocenters. The number of rotatable bonds is 5. The van der Waals surface area contributed by atoms with Crippen LogP contribution in [0.5, 0.6) is 0 Å². The van der Waals surface area contributed by atoms with Crippen LogP contribution >= 0.6 is 11.6 Å². The molecule has 0 aliphatic rings. The predicted octanol–water partition coefficient (Wildman–Crippen LogP) is 1.43. The summed E-state index contributed by atoms with van der Waals surface area (Å²) in [6, 6.07) is 12.1. The zero-order valence-electron chi connectivity index (χ0n) is 12.6. The van der Waals surface area contributed by atoms with Crippen LogP contribution in [0.4, 0.5) is 0 Å². The first-order valence-corrected chi connectivity index (χ1v) is 7.60. The number of pyridine rings is 1. The lowest BCUT2D eigenvalue weighted by Gasteiger charge is -2.06. The molecule has 3 rings (SSSR count). The van der Waals surface area contributed by atoms with Crippen LogP contribution in [0.1, 0.15) is 16.2 Å². The summed E-state index contributed by atoms with van der Waals surface area (Å²) in [5, 5.41) is 13.7. The van der Waals surface area contributed by atoms with Gasteiger partial charge in [-0.25, -0.2) is 0 Å². The van der Waals surface area contributed by atoms with E-state index in [2.05, 4.69) is 20.8 Å². The Labute approximate surface area is 142 Å². The molecule has 122 valence electrons. The van der Waals surface area contributed by atoms with E-state index in [4.69, 9.17) is 11.6 Å². The third kappa shape index (κ3) is 3.69. The zero-order chi connectivity index (χ0) is 16.9. The van der Waals surface area contributed by atoms with Gasteiger partial charge >= 0.3 is 0 Å². The summed E-state index contributed by atoms with van der Waals surface area (Å²) in [6.45, 7) is 0.0825. The fourth-order valence-corrected chi connectivity index (χ4v) is 2.33. The smallest absolute Gasteiger partial charge is 0.251 e. The molecule has 3 aromatic rings. The van der Waals surface area contributed by atoms with Crippen molar-refractivity contribution in [2.24, 2.45) is 0 Å². The molecule has 7 nitrogen and oxygen atoms in total. The lowest BCUT2D eigenvalue weighted by molar-refractivity contribution is -0.120. The summed E-state index contributed by atoms with van der Waals surface area (Å²) in [5.74, 6) is -0.0706. The van der Waals surface area contributed by atoms with Gasteiger partial charge < -0.3 is 10.6 Å². The van der Waals surface area contributed by atoms with E-state index in [0.29, 0.717) is 22.1 Å². The number of hydrogen-bond acceptors (Lipinski definition) is 4. The summed E-state index contributed by atoms with van der Waals surface area (Å²) in [6.07, 6.45) is 1.82. The van der Waals surface area contributed by atoms with Gasteiger partial charge in [0.25, 0.3) is 5.91 Å². The minimum absolute atomic E-state index is 0.137. The van der Waals surface area contributed by atoms with Crippen LogP contribution in [0.3, 0.4) is 0 Å². The fraction of sp³-hybridized carbons (Fsp3) is 0.125. The second kappa shape index (κ2) is 7.10. The molecule has 0 unspecified atom stereocenters. The summed E-state index contributed by atoms with van der Waals surface area (Å²) < 4.78 is 1.78. The van der Waals surface area contributed by atoms with Gasteiger partial charge in [0.2, 0.25) is 5.91 Å². The Balaban J connectivity index is 1.52. The Morgan fingerprint density at radius 1 is 1.08 bits per heavy atom. The van der Waals surface area contributed by atoms with Crippen molar-refractivity contribution in [3.8, 4) is 0 Å². The van der Waals surface area contributed by atoms with Gasteiger partial charge in [-0.05, 0) is 30.3 Å². The molecule has 0 aliphatic carbocycles. The van der Waals surface area contributed by atoms with Crippen LogP contribution in [0.15, 0.2) is 48.7 Å². The SMILES string of the molecule is O=C(CNC(=O)c1cccc(Cl)c1)NCc1nnc2ccccn12. The van der Waals surface area contributed by atoms with E-state index in [1.807, 2.05) is 24.4 Å². The lowest BCUT2D eigenvalue weighted by Crippen LogP contribution is -2.36. The molecule has 0 spiro atoms. The Bertz CT molecular complexity index is 893. The fourth-order valence-electron chi connectivity index (χ4n) is 2.14. The highest BCUT2D eigenvalue weighted by atomic mass is 35.5. The van der Waals surface area contributed by atoms with Gasteiger partial charge in [-0.1, -0.05) is 23.7 Å². The van der Waals surface area contributed by atoms with Gasteiger partial charge in [0, 0.05) is 16.8 Å². The topological polar surface area (TPSA) is 88.4 Å². The van der Waals surface area contributed by atoms with Crippen molar-refractivity contribution in [2.45, 2.75) is 6.54 Å². The van der Waals surface area contributed by atoms with Gasteiger partial charge in [0.1, 0.15) is 0 Å². The molecular formula is C16H14ClN5O2. The molecule has 2 aromatic heterocycles. The maximum atomic E-state index is 11.9. The molecule has 2 N–H and O–H groups in total. The summed E-state index contributed by atoms with van der Waals surface area (Å²) in [4.78, 5) is 23.8. The third-order valence-electron chi connectivity index (χ3n) is 3.32. The minimum atomic E-state index is -0.361. The number of carbonyl (C=O) groups excluding carboxylic acids is 2. The molecular weight excluding hydrogens is 330 g/mol. The van der Waals surface area contributed by atoms with Crippen molar-refractivity contribution in [1.82, 2.24) is 25.2 Å². The predicted molar refractivity (Wildman–Crippen MR) is 88.6 cm³/mol. The summed E-state index contributed by atoms with van der Waals surface area (Å²) in [5.41, 5.74) is 1.11. The molecule has 0 saturated heterocycles. The highest BCUT2D eigenvalue weighted by Crippen LogP contribution is 2.10. The van der Waals surface area contributed by atoms with E-state index in [1.165, 1.54) is 6.07 Å². The number of carbonyl (C=O) groups is 2. The number of amides is 2. The standard InChI is InChI=1S/C16H14ClN5O2/c17-12-5-3-4-11(8-12)16(24)19-10-15(23)18-9-14-21-20-13-6-1-2-7-22(13)14/h1-8H,9-10H2,(H,18,23)(H,19,24). The average Bonchev–Trinajstić information content (AvgIpc) is 3.01. The minimum Gasteiger partial charge on any atom is -0.347 e. The average molecular weight is 344 g/mol. The van der Waals surface area contributed by atoms with Crippen molar-refractivity contribution in [2.75, 3.05) is 6.54 Å². The van der Waals surface area contributed by atoms with Crippen LogP contribution in [0, 0.1) is 0 Å². The molecule has 24 heavy (non-hydrogen) atoms. The largest absolute Gasteiger partial charge is 0.347 e. The van der Waals surface area contributed by atoms with Crippen LogP contribution in [-0.2, 0) is 11.3 Å². The number of aromatic nitrogens is 3. The van der Waals surface area contributed by atoms with Crippen LogP contribution in [0.2, 0.25) is 5.02 Å². The second-order valence-electron chi connectivity index (χ2n) is 5.01. The molecule has 0 saturated carbocycles. The van der Waals surface area contributed by atoms with Crippen LogP contribution in [0.25, 0.3) is 5.65 Å². The van der Waals surface area contributed by atoms with E-state index in [-0.39, 0.29) is 24.9 Å². The molecule has 0 aliphatic heterocycles. The summed E-state index contributed by atoms with van der Waals surface area (Å²) in [7, 11) is 0. The first-order valence-electron chi connectivity index (χ1n) is 7.22. The highest BCUT2D eigenvalue weighted by Gasteiger charge is 2.10. The van der Waals surface area contributed by atoms with Crippen molar-refractivity contribution < 1.29 is 9.59 Å². The molecule has 2 amide bonds. The molecule has 0 radical (unpaired) electrons. The quantitative estimate of drug-likeness (QED) is 0.733. The van der Waals surface area contributed by atoms with E-state index >= 15 is 0 Å². The van der Waals surface area contributed by atoms with Crippen molar-refractivity contribution in [3.05, 3.63) is 65.1 Å². The highest BCUT2D eigenvalue weighted by molar-refractivity contribution is 6.30. The van der Waals surface area contributed by atoms with Crippen molar-refractivity contribution >= 4 is 29.1 Å². The molecule has 1 aromatic carbocycles. The van der Waals surface area contributed by atoms with Crippen LogP contribution in [-0.4, -0.2) is 33.0 Å². The van der Waals surface area contributed by atoms with Gasteiger partial charge in [0.05, 0.1) is 13.1 Å². The first-order chi connectivity index (χ1) is 11.6. The zero-order valence-corrected chi connectivity index (χ0v) is 13.3. The molecule has 2 heterocycles. The van der Waals surface area contributed by atoms with E-state index in [1.54, 1.807) is 22.6 Å².